The van der Waals surface area contributed by atoms with Gasteiger partial charge in [-0.15, -0.1) is 0 Å². The first-order chi connectivity index (χ1) is 15.7. The number of nitrogens with zero attached hydrogens (tertiary/aromatic N) is 5. The minimum absolute atomic E-state index is 0.0727. The lowest BCUT2D eigenvalue weighted by Crippen LogP contribution is -2.47. The summed E-state index contributed by atoms with van der Waals surface area (Å²) in [7, 11) is -1.86. The molecular formula is C20H28N8O4S. The molecule has 12 nitrogen and oxygen atoms in total. The van der Waals surface area contributed by atoms with Gasteiger partial charge in [0.25, 0.3) is 5.69 Å². The van der Waals surface area contributed by atoms with Crippen LogP contribution < -0.4 is 11.1 Å². The number of hydrogen-bond donors (Lipinski definition) is 3. The molecule has 0 unspecified atom stereocenters. The number of nitro groups is 1. The zero-order chi connectivity index (χ0) is 24.0. The second-order valence-corrected chi connectivity index (χ2v) is 9.89. The fourth-order valence-electron chi connectivity index (χ4n) is 3.68. The van der Waals surface area contributed by atoms with E-state index >= 15 is 0 Å². The highest BCUT2D eigenvalue weighted by atomic mass is 32.2. The van der Waals surface area contributed by atoms with E-state index in [1.807, 2.05) is 18.0 Å². The highest BCUT2D eigenvalue weighted by Gasteiger charge is 2.29. The molecule has 0 amide bonds. The van der Waals surface area contributed by atoms with Gasteiger partial charge in [-0.3, -0.25) is 15.2 Å². The summed E-state index contributed by atoms with van der Waals surface area (Å²) in [5, 5.41) is 30.3. The standard InChI is InChI=1S/C20H28N8O4S/c1-26-9-11-27(12-10-26)33(31,32)15-6-7-18(19(13-15)28(29)30)23-8-4-2-3-5-17-16(14-21)20(22)25-24-17/h6-7,13,23H,2-5,8-12H2,1H3,(H3,22,24,25). The Morgan fingerprint density at radius 3 is 2.67 bits per heavy atom. The molecule has 1 aliphatic rings. The van der Waals surface area contributed by atoms with Crippen LogP contribution in [0.2, 0.25) is 0 Å². The molecule has 0 atom stereocenters. The van der Waals surface area contributed by atoms with Gasteiger partial charge in [0.05, 0.1) is 15.5 Å². The Kier molecular flexibility index (Phi) is 7.85. The second-order valence-electron chi connectivity index (χ2n) is 7.96. The Hall–Kier alpha value is -3.21. The molecule has 0 bridgehead atoms. The van der Waals surface area contributed by atoms with E-state index < -0.39 is 14.9 Å². The number of nitrogens with two attached hydrogens (primary N) is 1. The van der Waals surface area contributed by atoms with E-state index in [2.05, 4.69) is 15.5 Å². The molecule has 4 N–H and O–H groups in total. The number of benzene rings is 1. The number of aryl methyl sites for hydroxylation is 1. The van der Waals surface area contributed by atoms with E-state index in [1.54, 1.807) is 0 Å². The van der Waals surface area contributed by atoms with Crippen LogP contribution in [0.5, 0.6) is 0 Å². The molecule has 0 spiro atoms. The summed E-state index contributed by atoms with van der Waals surface area (Å²) in [6.07, 6.45) is 2.98. The highest BCUT2D eigenvalue weighted by Crippen LogP contribution is 2.29. The third-order valence-electron chi connectivity index (χ3n) is 5.67. The molecule has 2 heterocycles. The number of nitriles is 1. The average Bonchev–Trinajstić information content (AvgIpc) is 3.15. The summed E-state index contributed by atoms with van der Waals surface area (Å²) in [5.41, 5.74) is 6.71. The molecule has 2 aromatic rings. The van der Waals surface area contributed by atoms with E-state index in [1.165, 1.54) is 16.4 Å². The lowest BCUT2D eigenvalue weighted by atomic mass is 10.1. The number of sulfonamides is 1. The predicted octanol–water partition coefficient (Wildman–Crippen LogP) is 1.53. The highest BCUT2D eigenvalue weighted by molar-refractivity contribution is 7.89. The largest absolute Gasteiger partial charge is 0.381 e. The SMILES string of the molecule is CN1CCN(S(=O)(=O)c2ccc(NCCCCCc3[nH]nc(N)c3C#N)c([N+](=O)[O-])c2)CC1. The minimum Gasteiger partial charge on any atom is -0.381 e. The van der Waals surface area contributed by atoms with Gasteiger partial charge in [-0.05, 0) is 38.4 Å². The molecule has 1 aromatic heterocycles. The van der Waals surface area contributed by atoms with Crippen LogP contribution in [-0.2, 0) is 16.4 Å². The number of unbranched alkanes of at least 4 members (excludes halogenated alkanes) is 2. The number of nitro benzene ring substituents is 1. The first-order valence-corrected chi connectivity index (χ1v) is 12.1. The number of nitrogens with one attached hydrogen (secondary N) is 2. The summed E-state index contributed by atoms with van der Waals surface area (Å²) in [6, 6.07) is 6.02. The lowest BCUT2D eigenvalue weighted by molar-refractivity contribution is -0.384. The Bertz CT molecular complexity index is 1130. The van der Waals surface area contributed by atoms with Crippen molar-refractivity contribution in [1.82, 2.24) is 19.4 Å². The maximum absolute atomic E-state index is 12.9. The van der Waals surface area contributed by atoms with Crippen molar-refractivity contribution in [2.24, 2.45) is 0 Å². The van der Waals surface area contributed by atoms with Crippen molar-refractivity contribution in [3.05, 3.63) is 39.6 Å². The maximum atomic E-state index is 12.9. The number of nitrogen functional groups attached to an aromatic ring is 1. The Morgan fingerprint density at radius 1 is 1.27 bits per heavy atom. The van der Waals surface area contributed by atoms with Gasteiger partial charge in [0, 0.05) is 38.8 Å². The van der Waals surface area contributed by atoms with Gasteiger partial charge in [-0.2, -0.15) is 14.7 Å². The van der Waals surface area contributed by atoms with Crippen LogP contribution in [0.4, 0.5) is 17.2 Å². The predicted molar refractivity (Wildman–Crippen MR) is 123 cm³/mol. The van der Waals surface area contributed by atoms with Gasteiger partial charge < -0.3 is 16.0 Å². The number of likely N-dealkylation sites (N-methyl/N-ethyl adjacent to an activating group) is 1. The van der Waals surface area contributed by atoms with Gasteiger partial charge in [0.2, 0.25) is 10.0 Å². The fourth-order valence-corrected chi connectivity index (χ4v) is 5.12. The summed E-state index contributed by atoms with van der Waals surface area (Å²) < 4.78 is 27.2. The molecule has 1 fully saturated rings. The van der Waals surface area contributed by atoms with Crippen LogP contribution in [0, 0.1) is 21.4 Å². The summed E-state index contributed by atoms with van der Waals surface area (Å²) >= 11 is 0. The van der Waals surface area contributed by atoms with E-state index in [-0.39, 0.29) is 22.1 Å². The number of aromatic nitrogens is 2. The molecule has 1 saturated heterocycles. The van der Waals surface area contributed by atoms with Crippen LogP contribution in [0.15, 0.2) is 23.1 Å². The number of hydrogen-bond acceptors (Lipinski definition) is 9. The van der Waals surface area contributed by atoms with Crippen molar-refractivity contribution in [1.29, 1.82) is 5.26 Å². The van der Waals surface area contributed by atoms with E-state index in [0.717, 1.165) is 25.3 Å². The van der Waals surface area contributed by atoms with E-state index in [4.69, 9.17) is 11.0 Å². The third-order valence-corrected chi connectivity index (χ3v) is 7.56. The van der Waals surface area contributed by atoms with Crippen molar-refractivity contribution < 1.29 is 13.3 Å². The zero-order valence-electron chi connectivity index (χ0n) is 18.5. The van der Waals surface area contributed by atoms with Crippen LogP contribution in [0.3, 0.4) is 0 Å². The van der Waals surface area contributed by atoms with Gasteiger partial charge in [-0.1, -0.05) is 6.42 Å². The first kappa shape index (κ1) is 24.4. The summed E-state index contributed by atoms with van der Waals surface area (Å²) in [6.45, 7) is 2.43. The van der Waals surface area contributed by atoms with E-state index in [0.29, 0.717) is 50.4 Å². The molecule has 0 aliphatic carbocycles. The van der Waals surface area contributed by atoms with Gasteiger partial charge in [0.15, 0.2) is 5.82 Å². The molecule has 1 aromatic carbocycles. The minimum atomic E-state index is -3.79. The molecule has 0 saturated carbocycles. The van der Waals surface area contributed by atoms with Crippen LogP contribution in [0.25, 0.3) is 0 Å². The molecule has 3 rings (SSSR count). The molecule has 1 aliphatic heterocycles. The Morgan fingerprint density at radius 2 is 2.00 bits per heavy atom. The average molecular weight is 477 g/mol. The van der Waals surface area contributed by atoms with Crippen molar-refractivity contribution in [3.8, 4) is 6.07 Å². The van der Waals surface area contributed by atoms with Gasteiger partial charge >= 0.3 is 0 Å². The number of anilines is 2. The third kappa shape index (κ3) is 5.78. The molecule has 13 heteroatoms. The molecule has 0 radical (unpaired) electrons. The lowest BCUT2D eigenvalue weighted by Gasteiger charge is -2.31. The normalized spacial score (nSPS) is 15.3. The number of rotatable bonds is 10. The quantitative estimate of drug-likeness (QED) is 0.261. The summed E-state index contributed by atoms with van der Waals surface area (Å²) in [4.78, 5) is 13.0. The van der Waals surface area contributed by atoms with Gasteiger partial charge in [-0.25, -0.2) is 8.42 Å². The van der Waals surface area contributed by atoms with Crippen LogP contribution in [-0.4, -0.2) is 72.5 Å². The first-order valence-electron chi connectivity index (χ1n) is 10.7. The number of piperazine rings is 1. The van der Waals surface area contributed by atoms with E-state index in [9.17, 15) is 18.5 Å². The smallest absolute Gasteiger partial charge is 0.293 e. The Labute approximate surface area is 192 Å². The number of H-pyrrole nitrogens is 1. The fraction of sp³-hybridized carbons (Fsp3) is 0.500. The van der Waals surface area contributed by atoms with Crippen LogP contribution >= 0.6 is 0 Å². The zero-order valence-corrected chi connectivity index (χ0v) is 19.3. The molecular weight excluding hydrogens is 448 g/mol. The topological polar surface area (TPSA) is 174 Å². The van der Waals surface area contributed by atoms with Gasteiger partial charge in [0.1, 0.15) is 17.3 Å². The molecule has 178 valence electrons. The monoisotopic (exact) mass is 476 g/mol. The van der Waals surface area contributed by atoms with Crippen LogP contribution in [0.1, 0.15) is 30.5 Å². The summed E-state index contributed by atoms with van der Waals surface area (Å²) in [5.74, 6) is 0.194. The molecule has 33 heavy (non-hydrogen) atoms. The van der Waals surface area contributed by atoms with Crippen molar-refractivity contribution >= 4 is 27.2 Å². The van der Waals surface area contributed by atoms with Crippen molar-refractivity contribution in [3.63, 3.8) is 0 Å². The maximum Gasteiger partial charge on any atom is 0.293 e. The van der Waals surface area contributed by atoms with Crippen molar-refractivity contribution in [2.45, 2.75) is 30.6 Å². The Balaban J connectivity index is 1.56. The number of aromatic amines is 1. The van der Waals surface area contributed by atoms with Crippen molar-refractivity contribution in [2.75, 3.05) is 50.8 Å². The second kappa shape index (κ2) is 10.6.